The van der Waals surface area contributed by atoms with Crippen LogP contribution in [0.2, 0.25) is 0 Å². The number of rotatable bonds is 3. The van der Waals surface area contributed by atoms with Gasteiger partial charge in [-0.1, -0.05) is 6.07 Å². The summed E-state index contributed by atoms with van der Waals surface area (Å²) in [7, 11) is 0. The van der Waals surface area contributed by atoms with Crippen molar-refractivity contribution in [2.75, 3.05) is 0 Å². The Bertz CT molecular complexity index is 928. The predicted molar refractivity (Wildman–Crippen MR) is 82.8 cm³/mol. The van der Waals surface area contributed by atoms with Crippen LogP contribution in [-0.4, -0.2) is 14.4 Å². The van der Waals surface area contributed by atoms with E-state index in [2.05, 4.69) is 9.97 Å². The van der Waals surface area contributed by atoms with Crippen LogP contribution < -0.4 is 10.5 Å². The Hall–Kier alpha value is -2.44. The molecule has 21 heavy (non-hydrogen) atoms. The molecule has 0 aliphatic rings. The molecular formula is C15H12N4OS. The highest BCUT2D eigenvalue weighted by molar-refractivity contribution is 7.15. The van der Waals surface area contributed by atoms with Crippen LogP contribution in [-0.2, 0) is 6.54 Å². The molecule has 0 fully saturated rings. The maximum atomic E-state index is 5.91. The number of ether oxygens (including phenoxy) is 1. The van der Waals surface area contributed by atoms with Crippen LogP contribution in [0.15, 0.2) is 48.1 Å². The summed E-state index contributed by atoms with van der Waals surface area (Å²) < 4.78 is 7.86. The first-order valence-corrected chi connectivity index (χ1v) is 7.40. The minimum atomic E-state index is 0.374. The van der Waals surface area contributed by atoms with E-state index in [1.165, 1.54) is 0 Å². The van der Waals surface area contributed by atoms with Crippen LogP contribution in [0.5, 0.6) is 11.6 Å². The molecule has 0 aliphatic heterocycles. The zero-order valence-electron chi connectivity index (χ0n) is 11.1. The monoisotopic (exact) mass is 296 g/mol. The van der Waals surface area contributed by atoms with Gasteiger partial charge in [-0.3, -0.25) is 9.38 Å². The first kappa shape index (κ1) is 12.3. The largest absolute Gasteiger partial charge is 0.437 e. The van der Waals surface area contributed by atoms with Gasteiger partial charge in [-0.15, -0.1) is 11.3 Å². The molecule has 1 aromatic carbocycles. The minimum Gasteiger partial charge on any atom is -0.437 e. The van der Waals surface area contributed by atoms with E-state index in [9.17, 15) is 0 Å². The molecule has 0 saturated heterocycles. The van der Waals surface area contributed by atoms with E-state index >= 15 is 0 Å². The average Bonchev–Trinajstić information content (AvgIpc) is 3.07. The van der Waals surface area contributed by atoms with Gasteiger partial charge in [0.05, 0.1) is 5.52 Å². The smallest absolute Gasteiger partial charge is 0.243 e. The third-order valence-corrected chi connectivity index (χ3v) is 4.07. The van der Waals surface area contributed by atoms with E-state index < -0.39 is 0 Å². The summed E-state index contributed by atoms with van der Waals surface area (Å²) in [5.41, 5.74) is 7.58. The fraction of sp³-hybridized carbons (Fsp3) is 0.0667. The molecule has 3 aromatic heterocycles. The number of nitrogens with two attached hydrogens (primary N) is 1. The lowest BCUT2D eigenvalue weighted by Gasteiger charge is -2.05. The van der Waals surface area contributed by atoms with Crippen LogP contribution >= 0.6 is 11.3 Å². The van der Waals surface area contributed by atoms with Gasteiger partial charge < -0.3 is 10.5 Å². The molecule has 0 saturated carbocycles. The molecule has 2 N–H and O–H groups in total. The van der Waals surface area contributed by atoms with Crippen molar-refractivity contribution in [2.24, 2.45) is 5.73 Å². The first-order chi connectivity index (χ1) is 10.3. The number of imidazole rings is 1. The van der Waals surface area contributed by atoms with E-state index in [0.717, 1.165) is 21.6 Å². The van der Waals surface area contributed by atoms with Crippen LogP contribution in [0.1, 0.15) is 5.69 Å². The Balaban J connectivity index is 1.76. The molecule has 0 bridgehead atoms. The zero-order chi connectivity index (χ0) is 14.2. The Morgan fingerprint density at radius 3 is 3.14 bits per heavy atom. The highest BCUT2D eigenvalue weighted by Crippen LogP contribution is 2.29. The number of fused-ring (bicyclic) bond motifs is 2. The highest BCUT2D eigenvalue weighted by atomic mass is 32.1. The van der Waals surface area contributed by atoms with Gasteiger partial charge in [0, 0.05) is 35.8 Å². The molecule has 3 heterocycles. The zero-order valence-corrected chi connectivity index (χ0v) is 11.9. The van der Waals surface area contributed by atoms with Crippen LogP contribution in [0, 0.1) is 0 Å². The topological polar surface area (TPSA) is 65.4 Å². The Morgan fingerprint density at radius 1 is 1.29 bits per heavy atom. The van der Waals surface area contributed by atoms with Gasteiger partial charge in [0.15, 0.2) is 4.96 Å². The second-order valence-corrected chi connectivity index (χ2v) is 5.46. The van der Waals surface area contributed by atoms with Gasteiger partial charge in [0.2, 0.25) is 5.88 Å². The quantitative estimate of drug-likeness (QED) is 0.630. The number of hydrogen-bond donors (Lipinski definition) is 1. The number of pyridine rings is 1. The third kappa shape index (κ3) is 2.05. The maximum Gasteiger partial charge on any atom is 0.243 e. The van der Waals surface area contributed by atoms with Crippen molar-refractivity contribution in [3.05, 3.63) is 53.8 Å². The first-order valence-electron chi connectivity index (χ1n) is 6.52. The lowest BCUT2D eigenvalue weighted by atomic mass is 10.2. The van der Waals surface area contributed by atoms with E-state index in [0.29, 0.717) is 18.2 Å². The summed E-state index contributed by atoms with van der Waals surface area (Å²) in [6.07, 6.45) is 3.72. The average molecular weight is 296 g/mol. The molecule has 0 unspecified atom stereocenters. The van der Waals surface area contributed by atoms with Crippen molar-refractivity contribution < 1.29 is 4.74 Å². The predicted octanol–water partition coefficient (Wildman–Crippen LogP) is 3.20. The van der Waals surface area contributed by atoms with Crippen molar-refractivity contribution >= 4 is 27.2 Å². The Kier molecular flexibility index (Phi) is 2.83. The summed E-state index contributed by atoms with van der Waals surface area (Å²) in [5, 5.41) is 3.06. The highest BCUT2D eigenvalue weighted by Gasteiger charge is 2.14. The fourth-order valence-electron chi connectivity index (χ4n) is 2.30. The lowest BCUT2D eigenvalue weighted by molar-refractivity contribution is 0.460. The summed E-state index contributed by atoms with van der Waals surface area (Å²) >= 11 is 1.55. The lowest BCUT2D eigenvalue weighted by Crippen LogP contribution is -2.01. The molecule has 104 valence electrons. The Labute approximate surface area is 124 Å². The van der Waals surface area contributed by atoms with Crippen LogP contribution in [0.3, 0.4) is 0 Å². The molecule has 0 radical (unpaired) electrons. The second kappa shape index (κ2) is 4.83. The summed E-state index contributed by atoms with van der Waals surface area (Å²) in [5.74, 6) is 1.27. The van der Waals surface area contributed by atoms with Crippen molar-refractivity contribution in [3.8, 4) is 11.6 Å². The summed E-state index contributed by atoms with van der Waals surface area (Å²) in [4.78, 5) is 9.69. The van der Waals surface area contributed by atoms with Crippen LogP contribution in [0.25, 0.3) is 15.9 Å². The number of thiazole rings is 1. The van der Waals surface area contributed by atoms with Crippen molar-refractivity contribution in [1.82, 2.24) is 14.4 Å². The van der Waals surface area contributed by atoms with E-state index in [1.54, 1.807) is 17.5 Å². The molecule has 0 amide bonds. The summed E-state index contributed by atoms with van der Waals surface area (Å²) in [6, 6.07) is 9.74. The van der Waals surface area contributed by atoms with Crippen molar-refractivity contribution in [1.29, 1.82) is 0 Å². The van der Waals surface area contributed by atoms with E-state index in [4.69, 9.17) is 10.5 Å². The molecule has 5 nitrogen and oxygen atoms in total. The van der Waals surface area contributed by atoms with Gasteiger partial charge in [-0.05, 0) is 18.2 Å². The molecule has 0 aliphatic carbocycles. The maximum absolute atomic E-state index is 5.91. The molecule has 4 rings (SSSR count). The van der Waals surface area contributed by atoms with Gasteiger partial charge in [0.1, 0.15) is 11.4 Å². The van der Waals surface area contributed by atoms with E-state index in [-0.39, 0.29) is 0 Å². The van der Waals surface area contributed by atoms with Gasteiger partial charge in [-0.2, -0.15) is 4.98 Å². The summed E-state index contributed by atoms with van der Waals surface area (Å²) in [6.45, 7) is 0.374. The van der Waals surface area contributed by atoms with Gasteiger partial charge in [0.25, 0.3) is 0 Å². The second-order valence-electron chi connectivity index (χ2n) is 4.58. The Morgan fingerprint density at radius 2 is 2.24 bits per heavy atom. The molecular weight excluding hydrogens is 284 g/mol. The molecule has 0 atom stereocenters. The SMILES string of the molecule is NCc1c(Oc2ccc3cccnc3c2)nc2sccn12. The molecule has 6 heteroatoms. The van der Waals surface area contributed by atoms with Gasteiger partial charge in [-0.25, -0.2) is 0 Å². The number of benzene rings is 1. The molecule has 0 spiro atoms. The van der Waals surface area contributed by atoms with Crippen molar-refractivity contribution in [2.45, 2.75) is 6.54 Å². The van der Waals surface area contributed by atoms with E-state index in [1.807, 2.05) is 46.3 Å². The van der Waals surface area contributed by atoms with Crippen molar-refractivity contribution in [3.63, 3.8) is 0 Å². The number of hydrogen-bond acceptors (Lipinski definition) is 5. The standard InChI is InChI=1S/C15H12N4OS/c16-9-13-14(18-15-19(13)6-7-21-15)20-11-4-3-10-2-1-5-17-12(10)8-11/h1-8H,9,16H2. The third-order valence-electron chi connectivity index (χ3n) is 3.31. The number of nitrogens with zero attached hydrogens (tertiary/aromatic N) is 3. The number of aromatic nitrogens is 3. The van der Waals surface area contributed by atoms with Gasteiger partial charge >= 0.3 is 0 Å². The molecule has 4 aromatic rings. The minimum absolute atomic E-state index is 0.374. The fourth-order valence-corrected chi connectivity index (χ4v) is 3.03. The normalized spacial score (nSPS) is 11.3. The van der Waals surface area contributed by atoms with Crippen LogP contribution in [0.4, 0.5) is 0 Å².